The molecule has 17 N–H and O–H groups in total. The predicted molar refractivity (Wildman–Crippen MR) is 190 cm³/mol. The number of ether oxygens (including phenoxy) is 9. The number of nitrogens with one attached hydrogen (secondary N) is 2. The van der Waals surface area contributed by atoms with Crippen molar-refractivity contribution in [1.29, 1.82) is 0 Å². The molecule has 28 nitrogen and oxygen atoms in total. The Labute approximate surface area is 351 Å². The Kier molecular flexibility index (Phi) is 18.1. The molecule has 0 radical (unpaired) electrons. The summed E-state index contributed by atoms with van der Waals surface area (Å²) in [5.41, 5.74) is 0. The molecule has 5 aliphatic heterocycles. The summed E-state index contributed by atoms with van der Waals surface area (Å²) in [6.07, 6.45) is -42.1. The molecule has 0 spiro atoms. The standard InChI is InChI=1S/C34H58N2O26/c1-8(42)35-15-20(47)26(59-32-16(36-9(2)43)28(18(45)11(4-38)55-32)61-33-24(51)21(48)17(44)10(3-37)56-33)14(7-41)58-31(15)62-29-19(46)12(5-39)57-34(25(29)52)60-27-13(6-40)54-30(53)23(50)22(27)49/h10-34,37-41,44-53H,3-7H2,1-2H3,(H,35,42)(H,36,43)/t10-,11-,12-,13-,14-,15-,16-,17+,18+,19-,20-,21+,22-,23-,24-,25+,26-,27-,28-,29+,30-,31+,32+,33+,34+/m1/s1. The van der Waals surface area contributed by atoms with E-state index in [0.29, 0.717) is 0 Å². The zero-order chi connectivity index (χ0) is 45.9. The Morgan fingerprint density at radius 3 is 1.32 bits per heavy atom. The molecule has 0 bridgehead atoms. The minimum absolute atomic E-state index is 0.795. The maximum Gasteiger partial charge on any atom is 0.217 e. The summed E-state index contributed by atoms with van der Waals surface area (Å²) in [7, 11) is 0. The zero-order valence-corrected chi connectivity index (χ0v) is 33.2. The lowest BCUT2D eigenvalue weighted by atomic mass is 9.93. The molecule has 5 fully saturated rings. The lowest BCUT2D eigenvalue weighted by Gasteiger charge is -2.51. The summed E-state index contributed by atoms with van der Waals surface area (Å²) < 4.78 is 51.0. The summed E-state index contributed by atoms with van der Waals surface area (Å²) in [5.74, 6) is -1.62. The van der Waals surface area contributed by atoms with Gasteiger partial charge in [-0.05, 0) is 0 Å². The van der Waals surface area contributed by atoms with E-state index >= 15 is 0 Å². The van der Waals surface area contributed by atoms with Crippen LogP contribution in [0, 0.1) is 0 Å². The van der Waals surface area contributed by atoms with Crippen molar-refractivity contribution >= 4 is 11.8 Å². The molecule has 0 unspecified atom stereocenters. The van der Waals surface area contributed by atoms with Crippen molar-refractivity contribution in [3.8, 4) is 0 Å². The van der Waals surface area contributed by atoms with Crippen LogP contribution in [-0.4, -0.2) is 275 Å². The normalized spacial score (nSPS) is 49.0. The fourth-order valence-electron chi connectivity index (χ4n) is 7.83. The van der Waals surface area contributed by atoms with Crippen LogP contribution in [0.25, 0.3) is 0 Å². The molecule has 5 aliphatic rings. The van der Waals surface area contributed by atoms with Crippen LogP contribution < -0.4 is 10.6 Å². The number of hydrogen-bond acceptors (Lipinski definition) is 26. The molecule has 5 saturated heterocycles. The van der Waals surface area contributed by atoms with Crippen LogP contribution in [0.2, 0.25) is 0 Å². The summed E-state index contributed by atoms with van der Waals surface area (Å²) in [4.78, 5) is 25.0. The van der Waals surface area contributed by atoms with Crippen LogP contribution in [0.1, 0.15) is 13.8 Å². The summed E-state index contributed by atoms with van der Waals surface area (Å²) in [5, 5.41) is 162. The average Bonchev–Trinajstić information content (AvgIpc) is 3.23. The van der Waals surface area contributed by atoms with E-state index < -0.39 is 198 Å². The first-order valence-corrected chi connectivity index (χ1v) is 19.6. The van der Waals surface area contributed by atoms with Gasteiger partial charge in [0.15, 0.2) is 31.5 Å². The van der Waals surface area contributed by atoms with Crippen molar-refractivity contribution < 1.29 is 129 Å². The van der Waals surface area contributed by atoms with E-state index in [1.54, 1.807) is 0 Å². The molecule has 5 heterocycles. The fraction of sp³-hybridized carbons (Fsp3) is 0.941. The van der Waals surface area contributed by atoms with Crippen LogP contribution in [0.5, 0.6) is 0 Å². The second kappa shape index (κ2) is 22.0. The number of rotatable bonds is 15. The number of amides is 2. The summed E-state index contributed by atoms with van der Waals surface area (Å²) >= 11 is 0. The Morgan fingerprint density at radius 2 is 0.774 bits per heavy atom. The molecule has 5 rings (SSSR count). The number of aliphatic hydroxyl groups is 15. The van der Waals surface area contributed by atoms with Gasteiger partial charge in [-0.15, -0.1) is 0 Å². The van der Waals surface area contributed by atoms with Crippen molar-refractivity contribution in [1.82, 2.24) is 10.6 Å². The average molecular weight is 911 g/mol. The maximum atomic E-state index is 12.5. The molecule has 28 heteroatoms. The Balaban J connectivity index is 1.40. The van der Waals surface area contributed by atoms with Gasteiger partial charge in [-0.2, -0.15) is 0 Å². The molecular weight excluding hydrogens is 852 g/mol. The van der Waals surface area contributed by atoms with Gasteiger partial charge in [0, 0.05) is 13.8 Å². The minimum Gasteiger partial charge on any atom is -0.394 e. The third-order valence-corrected chi connectivity index (χ3v) is 11.1. The number of carbonyl (C=O) groups is 2. The molecule has 0 aromatic carbocycles. The monoisotopic (exact) mass is 910 g/mol. The van der Waals surface area contributed by atoms with Gasteiger partial charge in [-0.25, -0.2) is 0 Å². The Hall–Kier alpha value is -2.02. The second-order valence-corrected chi connectivity index (χ2v) is 15.4. The largest absolute Gasteiger partial charge is 0.394 e. The van der Waals surface area contributed by atoms with Crippen LogP contribution >= 0.6 is 0 Å². The predicted octanol–water partition coefficient (Wildman–Crippen LogP) is -11.6. The van der Waals surface area contributed by atoms with Gasteiger partial charge in [-0.1, -0.05) is 0 Å². The lowest BCUT2D eigenvalue weighted by molar-refractivity contribution is -0.380. The van der Waals surface area contributed by atoms with E-state index in [2.05, 4.69) is 10.6 Å². The zero-order valence-electron chi connectivity index (χ0n) is 33.2. The van der Waals surface area contributed by atoms with E-state index in [1.165, 1.54) is 0 Å². The first-order chi connectivity index (χ1) is 29.3. The Morgan fingerprint density at radius 1 is 0.387 bits per heavy atom. The van der Waals surface area contributed by atoms with Crippen molar-refractivity contribution in [2.45, 2.75) is 167 Å². The maximum absolute atomic E-state index is 12.5. The van der Waals surface area contributed by atoms with Crippen LogP contribution in [-0.2, 0) is 52.2 Å². The van der Waals surface area contributed by atoms with E-state index in [9.17, 15) is 86.2 Å². The summed E-state index contributed by atoms with van der Waals surface area (Å²) in [6, 6.07) is -3.39. The number of hydrogen-bond donors (Lipinski definition) is 17. The number of carbonyl (C=O) groups excluding carboxylic acids is 2. The van der Waals surface area contributed by atoms with Gasteiger partial charge in [0.05, 0.1) is 33.0 Å². The molecule has 360 valence electrons. The highest BCUT2D eigenvalue weighted by molar-refractivity contribution is 5.73. The van der Waals surface area contributed by atoms with Gasteiger partial charge < -0.3 is 130 Å². The van der Waals surface area contributed by atoms with Gasteiger partial charge >= 0.3 is 0 Å². The summed E-state index contributed by atoms with van der Waals surface area (Å²) in [6.45, 7) is -2.56. The molecule has 2 amide bonds. The molecule has 0 aromatic rings. The minimum atomic E-state index is -2.10. The van der Waals surface area contributed by atoms with E-state index in [4.69, 9.17) is 42.6 Å². The first kappa shape index (κ1) is 51.0. The third-order valence-electron chi connectivity index (χ3n) is 11.1. The van der Waals surface area contributed by atoms with Crippen molar-refractivity contribution in [2.75, 3.05) is 33.0 Å². The molecule has 0 saturated carbocycles. The van der Waals surface area contributed by atoms with Crippen LogP contribution in [0.3, 0.4) is 0 Å². The van der Waals surface area contributed by atoms with E-state index in [0.717, 1.165) is 13.8 Å². The SMILES string of the molecule is CC(=O)N[C@H]1[C@H](O[C@@H]2[C@H](O)[C@H](O[C@H]3[C@H](O)[C@@H](O)[C@H](O)O[C@@H]3CO)O[C@H](CO)[C@H]2O)O[C@H](CO)[C@@H](O[C@@H]2O[C@H](CO)[C@H](O)[C@H](O[C@@H]3O[C@H](CO)[C@H](O)[C@H](O)[C@H]3O)[C@H]2NC(C)=O)[C@@H]1O. The van der Waals surface area contributed by atoms with Crippen molar-refractivity contribution in [3.63, 3.8) is 0 Å². The fourth-order valence-corrected chi connectivity index (χ4v) is 7.83. The van der Waals surface area contributed by atoms with Gasteiger partial charge in [0.2, 0.25) is 11.8 Å². The topological polar surface area (TPSA) is 445 Å². The van der Waals surface area contributed by atoms with Gasteiger partial charge in [0.25, 0.3) is 0 Å². The third kappa shape index (κ3) is 10.8. The first-order valence-electron chi connectivity index (χ1n) is 19.6. The van der Waals surface area contributed by atoms with Gasteiger partial charge in [0.1, 0.15) is 122 Å². The molecule has 0 aromatic heterocycles. The second-order valence-electron chi connectivity index (χ2n) is 15.4. The van der Waals surface area contributed by atoms with E-state index in [1.807, 2.05) is 0 Å². The molecule has 62 heavy (non-hydrogen) atoms. The van der Waals surface area contributed by atoms with Gasteiger partial charge in [-0.3, -0.25) is 9.59 Å². The lowest BCUT2D eigenvalue weighted by Crippen LogP contribution is -2.71. The highest BCUT2D eigenvalue weighted by Crippen LogP contribution is 2.36. The number of aliphatic hydroxyl groups excluding tert-OH is 15. The smallest absolute Gasteiger partial charge is 0.217 e. The highest BCUT2D eigenvalue weighted by Gasteiger charge is 2.57. The van der Waals surface area contributed by atoms with E-state index in [-0.39, 0.29) is 0 Å². The van der Waals surface area contributed by atoms with Crippen molar-refractivity contribution in [2.24, 2.45) is 0 Å². The molecule has 25 atom stereocenters. The highest BCUT2D eigenvalue weighted by atomic mass is 16.8. The van der Waals surface area contributed by atoms with Crippen LogP contribution in [0.15, 0.2) is 0 Å². The Bertz CT molecular complexity index is 1440. The molecule has 0 aliphatic carbocycles. The quantitative estimate of drug-likeness (QED) is 0.0725. The van der Waals surface area contributed by atoms with Crippen molar-refractivity contribution in [3.05, 3.63) is 0 Å². The molecular formula is C34H58N2O26. The van der Waals surface area contributed by atoms with Crippen LogP contribution in [0.4, 0.5) is 0 Å².